The molecule has 28 heavy (non-hydrogen) atoms. The van der Waals surface area contributed by atoms with E-state index in [1.165, 1.54) is 44.3 Å². The van der Waals surface area contributed by atoms with Crippen LogP contribution in [0.3, 0.4) is 0 Å². The van der Waals surface area contributed by atoms with Gasteiger partial charge in [-0.05, 0) is 50.3 Å². The fourth-order valence-electron chi connectivity index (χ4n) is 4.08. The van der Waals surface area contributed by atoms with Gasteiger partial charge in [0.2, 0.25) is 0 Å². The second kappa shape index (κ2) is 12.6. The molecule has 0 radical (unpaired) electrons. The SMILES string of the molecule is CN=C(NCCN1CCC(C)CC1)NC1CCN(Cc2ccccc2)CC1.I. The summed E-state index contributed by atoms with van der Waals surface area (Å²) in [4.78, 5) is 9.55. The van der Waals surface area contributed by atoms with Crippen molar-refractivity contribution in [2.24, 2.45) is 10.9 Å². The normalized spacial score (nSPS) is 20.6. The van der Waals surface area contributed by atoms with E-state index < -0.39 is 0 Å². The number of likely N-dealkylation sites (tertiary alicyclic amines) is 2. The Labute approximate surface area is 188 Å². The first-order valence-electron chi connectivity index (χ1n) is 10.7. The van der Waals surface area contributed by atoms with E-state index in [-0.39, 0.29) is 24.0 Å². The van der Waals surface area contributed by atoms with Gasteiger partial charge >= 0.3 is 0 Å². The molecule has 0 unspecified atom stereocenters. The Morgan fingerprint density at radius 3 is 2.29 bits per heavy atom. The monoisotopic (exact) mass is 499 g/mol. The number of benzene rings is 1. The van der Waals surface area contributed by atoms with Gasteiger partial charge in [-0.15, -0.1) is 24.0 Å². The lowest BCUT2D eigenvalue weighted by Gasteiger charge is -2.33. The van der Waals surface area contributed by atoms with Crippen molar-refractivity contribution < 1.29 is 0 Å². The first-order valence-corrected chi connectivity index (χ1v) is 10.7. The minimum absolute atomic E-state index is 0. The molecule has 158 valence electrons. The van der Waals surface area contributed by atoms with Gasteiger partial charge in [-0.2, -0.15) is 0 Å². The van der Waals surface area contributed by atoms with Crippen molar-refractivity contribution in [2.75, 3.05) is 46.3 Å². The summed E-state index contributed by atoms with van der Waals surface area (Å²) < 4.78 is 0. The fraction of sp³-hybridized carbons (Fsp3) is 0.682. The van der Waals surface area contributed by atoms with Crippen LogP contribution in [0.5, 0.6) is 0 Å². The topological polar surface area (TPSA) is 42.9 Å². The molecule has 2 saturated heterocycles. The van der Waals surface area contributed by atoms with Crippen molar-refractivity contribution >= 4 is 29.9 Å². The number of nitrogens with one attached hydrogen (secondary N) is 2. The highest BCUT2D eigenvalue weighted by molar-refractivity contribution is 14.0. The Morgan fingerprint density at radius 2 is 1.64 bits per heavy atom. The molecule has 5 nitrogen and oxygen atoms in total. The summed E-state index contributed by atoms with van der Waals surface area (Å²) in [5.74, 6) is 1.86. The molecule has 0 aliphatic carbocycles. The standard InChI is InChI=1S/C22H37N5.HI/c1-19-8-13-26(14-9-19)17-12-24-22(23-2)25-21-10-15-27(16-11-21)18-20-6-4-3-5-7-20;/h3-7,19,21H,8-18H2,1-2H3,(H2,23,24,25);1H. The Kier molecular flexibility index (Phi) is 10.6. The second-order valence-corrected chi connectivity index (χ2v) is 8.20. The van der Waals surface area contributed by atoms with Crippen LogP contribution < -0.4 is 10.6 Å². The van der Waals surface area contributed by atoms with Crippen molar-refractivity contribution in [1.82, 2.24) is 20.4 Å². The van der Waals surface area contributed by atoms with E-state index in [1.54, 1.807) is 0 Å². The lowest BCUT2D eigenvalue weighted by molar-refractivity contribution is 0.193. The first kappa shape index (κ1) is 23.4. The first-order chi connectivity index (χ1) is 13.2. The summed E-state index contributed by atoms with van der Waals surface area (Å²) in [7, 11) is 1.88. The zero-order valence-corrected chi connectivity index (χ0v) is 19.9. The quantitative estimate of drug-likeness (QED) is 0.359. The number of nitrogens with zero attached hydrogens (tertiary/aromatic N) is 3. The molecule has 1 aromatic carbocycles. The van der Waals surface area contributed by atoms with Gasteiger partial charge in [0.05, 0.1) is 0 Å². The summed E-state index contributed by atoms with van der Waals surface area (Å²) in [5, 5.41) is 7.14. The number of aliphatic imine (C=N–C) groups is 1. The maximum absolute atomic E-state index is 4.43. The van der Waals surface area contributed by atoms with Gasteiger partial charge in [0.15, 0.2) is 5.96 Å². The molecule has 3 rings (SSSR count). The van der Waals surface area contributed by atoms with Crippen LogP contribution in [0.15, 0.2) is 35.3 Å². The minimum atomic E-state index is 0. The van der Waals surface area contributed by atoms with Gasteiger partial charge in [0.1, 0.15) is 0 Å². The molecule has 0 amide bonds. The van der Waals surface area contributed by atoms with E-state index in [2.05, 4.69) is 62.7 Å². The zero-order chi connectivity index (χ0) is 18.9. The Morgan fingerprint density at radius 1 is 1.00 bits per heavy atom. The van der Waals surface area contributed by atoms with Crippen LogP contribution in [0.2, 0.25) is 0 Å². The van der Waals surface area contributed by atoms with Gasteiger partial charge in [0, 0.05) is 45.8 Å². The molecule has 0 aromatic heterocycles. The van der Waals surface area contributed by atoms with Crippen molar-refractivity contribution in [2.45, 2.75) is 45.2 Å². The third kappa shape index (κ3) is 7.87. The lowest BCUT2D eigenvalue weighted by Crippen LogP contribution is -2.49. The number of guanidine groups is 1. The third-order valence-corrected chi connectivity index (χ3v) is 6.00. The van der Waals surface area contributed by atoms with Crippen LogP contribution in [0.1, 0.15) is 38.2 Å². The average molecular weight is 499 g/mol. The highest BCUT2D eigenvalue weighted by Crippen LogP contribution is 2.15. The molecule has 0 spiro atoms. The predicted octanol–water partition coefficient (Wildman–Crippen LogP) is 3.17. The number of halogens is 1. The molecule has 2 aliphatic rings. The van der Waals surface area contributed by atoms with Crippen molar-refractivity contribution in [3.05, 3.63) is 35.9 Å². The molecule has 1 aromatic rings. The summed E-state index contributed by atoms with van der Waals surface area (Å²) in [5.41, 5.74) is 1.41. The maximum Gasteiger partial charge on any atom is 0.191 e. The molecule has 2 heterocycles. The Balaban J connectivity index is 0.00000280. The zero-order valence-electron chi connectivity index (χ0n) is 17.6. The van der Waals surface area contributed by atoms with Gasteiger partial charge in [-0.25, -0.2) is 0 Å². The van der Waals surface area contributed by atoms with Crippen molar-refractivity contribution in [3.63, 3.8) is 0 Å². The fourth-order valence-corrected chi connectivity index (χ4v) is 4.08. The molecule has 0 atom stereocenters. The number of piperidine rings is 2. The van der Waals surface area contributed by atoms with E-state index >= 15 is 0 Å². The summed E-state index contributed by atoms with van der Waals surface area (Å²) >= 11 is 0. The molecule has 2 aliphatic heterocycles. The van der Waals surface area contributed by atoms with Gasteiger partial charge in [-0.1, -0.05) is 37.3 Å². The minimum Gasteiger partial charge on any atom is -0.355 e. The average Bonchev–Trinajstić information content (AvgIpc) is 2.71. The van der Waals surface area contributed by atoms with E-state index in [0.717, 1.165) is 44.6 Å². The van der Waals surface area contributed by atoms with Crippen LogP contribution >= 0.6 is 24.0 Å². The lowest BCUT2D eigenvalue weighted by atomic mass is 9.99. The van der Waals surface area contributed by atoms with Crippen molar-refractivity contribution in [3.8, 4) is 0 Å². The predicted molar refractivity (Wildman–Crippen MR) is 129 cm³/mol. The van der Waals surface area contributed by atoms with Crippen LogP contribution in [0, 0.1) is 5.92 Å². The molecular formula is C22H38IN5. The van der Waals surface area contributed by atoms with Gasteiger partial charge < -0.3 is 15.5 Å². The Hall–Kier alpha value is -0.860. The maximum atomic E-state index is 4.43. The largest absolute Gasteiger partial charge is 0.355 e. The highest BCUT2D eigenvalue weighted by Gasteiger charge is 2.20. The summed E-state index contributed by atoms with van der Waals surface area (Å²) in [6.45, 7) is 10.3. The number of hydrogen-bond acceptors (Lipinski definition) is 3. The van der Waals surface area contributed by atoms with E-state index in [4.69, 9.17) is 0 Å². The third-order valence-electron chi connectivity index (χ3n) is 6.00. The molecular weight excluding hydrogens is 461 g/mol. The summed E-state index contributed by atoms with van der Waals surface area (Å²) in [6.07, 6.45) is 5.04. The second-order valence-electron chi connectivity index (χ2n) is 8.20. The van der Waals surface area contributed by atoms with E-state index in [9.17, 15) is 0 Å². The van der Waals surface area contributed by atoms with E-state index in [0.29, 0.717) is 6.04 Å². The molecule has 2 N–H and O–H groups in total. The van der Waals surface area contributed by atoms with E-state index in [1.807, 2.05) is 7.05 Å². The van der Waals surface area contributed by atoms with Crippen LogP contribution in [-0.4, -0.2) is 68.1 Å². The molecule has 2 fully saturated rings. The molecule has 6 heteroatoms. The van der Waals surface area contributed by atoms with Crippen LogP contribution in [0.4, 0.5) is 0 Å². The van der Waals surface area contributed by atoms with Crippen LogP contribution in [-0.2, 0) is 6.54 Å². The highest BCUT2D eigenvalue weighted by atomic mass is 127. The summed E-state index contributed by atoms with van der Waals surface area (Å²) in [6, 6.07) is 11.3. The van der Waals surface area contributed by atoms with Gasteiger partial charge in [0.25, 0.3) is 0 Å². The molecule has 0 saturated carbocycles. The smallest absolute Gasteiger partial charge is 0.191 e. The number of hydrogen-bond donors (Lipinski definition) is 2. The van der Waals surface area contributed by atoms with Crippen LogP contribution in [0.25, 0.3) is 0 Å². The van der Waals surface area contributed by atoms with Gasteiger partial charge in [-0.3, -0.25) is 9.89 Å². The van der Waals surface area contributed by atoms with Crippen molar-refractivity contribution in [1.29, 1.82) is 0 Å². The number of rotatable bonds is 6. The molecule has 0 bridgehead atoms. The Bertz CT molecular complexity index is 564.